The molecule has 4 rings (SSSR count). The molecule has 2 aliphatic rings. The number of hydrogen-bond acceptors (Lipinski definition) is 7. The number of aromatic hydroxyl groups is 1. The molecule has 0 radical (unpaired) electrons. The van der Waals surface area contributed by atoms with Crippen molar-refractivity contribution >= 4 is 17.0 Å². The van der Waals surface area contributed by atoms with Crippen LogP contribution >= 0.6 is 0 Å². The van der Waals surface area contributed by atoms with E-state index in [1.54, 1.807) is 15.5 Å². The SMILES string of the molecule is COc1c(O)ccc2ncn(C3COC4(CCN(C(=O)OC(C)(C)C)CC4)C3)c(=O)c12. The molecule has 2 saturated heterocycles. The first-order valence-corrected chi connectivity index (χ1v) is 10.5. The van der Waals surface area contributed by atoms with Gasteiger partial charge in [-0.15, -0.1) is 0 Å². The maximum Gasteiger partial charge on any atom is 0.410 e. The predicted octanol–water partition coefficient (Wildman–Crippen LogP) is 2.84. The van der Waals surface area contributed by atoms with Gasteiger partial charge in [-0.3, -0.25) is 9.36 Å². The second-order valence-corrected chi connectivity index (χ2v) is 9.29. The van der Waals surface area contributed by atoms with Crippen LogP contribution in [0.15, 0.2) is 23.3 Å². The third kappa shape index (κ3) is 4.06. The molecule has 168 valence electrons. The number of aromatic nitrogens is 2. The van der Waals surface area contributed by atoms with Crippen LogP contribution in [0.25, 0.3) is 10.9 Å². The molecule has 1 aromatic carbocycles. The fourth-order valence-electron chi connectivity index (χ4n) is 4.42. The smallest absolute Gasteiger partial charge is 0.410 e. The van der Waals surface area contributed by atoms with Crippen molar-refractivity contribution in [2.24, 2.45) is 0 Å². The lowest BCUT2D eigenvalue weighted by atomic mass is 9.87. The van der Waals surface area contributed by atoms with E-state index in [4.69, 9.17) is 14.2 Å². The summed E-state index contributed by atoms with van der Waals surface area (Å²) in [6.07, 6.45) is 3.25. The van der Waals surface area contributed by atoms with Crippen LogP contribution in [0, 0.1) is 0 Å². The molecule has 1 aromatic heterocycles. The van der Waals surface area contributed by atoms with E-state index in [0.717, 1.165) is 0 Å². The zero-order chi connectivity index (χ0) is 22.4. The Balaban J connectivity index is 1.51. The lowest BCUT2D eigenvalue weighted by Gasteiger charge is -2.39. The highest BCUT2D eigenvalue weighted by Crippen LogP contribution is 2.41. The maximum atomic E-state index is 13.2. The molecule has 1 atom stereocenters. The molecule has 9 heteroatoms. The molecule has 2 aliphatic heterocycles. The summed E-state index contributed by atoms with van der Waals surface area (Å²) >= 11 is 0. The Labute approximate surface area is 180 Å². The minimum atomic E-state index is -0.527. The number of phenolic OH excluding ortho intramolecular Hbond substituents is 1. The Hall–Kier alpha value is -2.81. The van der Waals surface area contributed by atoms with Crippen molar-refractivity contribution < 1.29 is 24.1 Å². The van der Waals surface area contributed by atoms with E-state index in [2.05, 4.69) is 4.98 Å². The topological polar surface area (TPSA) is 103 Å². The quantitative estimate of drug-likeness (QED) is 0.780. The summed E-state index contributed by atoms with van der Waals surface area (Å²) in [5.74, 6) is 0.0314. The minimum Gasteiger partial charge on any atom is -0.504 e. The van der Waals surface area contributed by atoms with E-state index >= 15 is 0 Å². The van der Waals surface area contributed by atoms with E-state index in [9.17, 15) is 14.7 Å². The number of phenols is 1. The number of hydrogen-bond donors (Lipinski definition) is 1. The number of carbonyl (C=O) groups is 1. The molecule has 1 spiro atoms. The number of benzene rings is 1. The standard InChI is InChI=1S/C22H29N3O6/c1-21(2,3)31-20(28)24-9-7-22(8-10-24)11-14(12-30-22)25-13-23-15-5-6-16(26)18(29-4)17(15)19(25)27/h5-6,13-14,26H,7-12H2,1-4H3. The summed E-state index contributed by atoms with van der Waals surface area (Å²) in [4.78, 5) is 31.6. The Morgan fingerprint density at radius 1 is 1.29 bits per heavy atom. The van der Waals surface area contributed by atoms with Crippen LogP contribution in [0.5, 0.6) is 11.5 Å². The van der Waals surface area contributed by atoms with Crippen LogP contribution < -0.4 is 10.3 Å². The van der Waals surface area contributed by atoms with Gasteiger partial charge in [0.15, 0.2) is 11.5 Å². The summed E-state index contributed by atoms with van der Waals surface area (Å²) in [7, 11) is 1.41. The van der Waals surface area contributed by atoms with Gasteiger partial charge in [0.2, 0.25) is 0 Å². The number of piperidine rings is 1. The van der Waals surface area contributed by atoms with Crippen LogP contribution in [0.1, 0.15) is 46.1 Å². The van der Waals surface area contributed by atoms with Crippen LogP contribution in [-0.2, 0) is 9.47 Å². The fourth-order valence-corrected chi connectivity index (χ4v) is 4.42. The van der Waals surface area contributed by atoms with Gasteiger partial charge >= 0.3 is 6.09 Å². The maximum absolute atomic E-state index is 13.2. The minimum absolute atomic E-state index is 0.0969. The molecule has 2 aromatic rings. The van der Waals surface area contributed by atoms with E-state index in [1.807, 2.05) is 20.8 Å². The van der Waals surface area contributed by atoms with Crippen molar-refractivity contribution in [3.8, 4) is 11.5 Å². The van der Waals surface area contributed by atoms with Gasteiger partial charge in [0, 0.05) is 13.1 Å². The monoisotopic (exact) mass is 431 g/mol. The molecule has 9 nitrogen and oxygen atoms in total. The zero-order valence-electron chi connectivity index (χ0n) is 18.4. The highest BCUT2D eigenvalue weighted by atomic mass is 16.6. The van der Waals surface area contributed by atoms with E-state index in [-0.39, 0.29) is 40.2 Å². The molecule has 3 heterocycles. The number of nitrogens with zero attached hydrogens (tertiary/aromatic N) is 3. The van der Waals surface area contributed by atoms with Gasteiger partial charge < -0.3 is 24.2 Å². The first kappa shape index (κ1) is 21.4. The Bertz CT molecular complexity index is 1050. The van der Waals surface area contributed by atoms with E-state index in [1.165, 1.54) is 19.5 Å². The lowest BCUT2D eigenvalue weighted by Crippen LogP contribution is -2.48. The Kier molecular flexibility index (Phi) is 5.33. The number of methoxy groups -OCH3 is 1. The first-order chi connectivity index (χ1) is 14.6. The molecule has 0 aliphatic carbocycles. The number of carbonyl (C=O) groups excluding carboxylic acids is 1. The van der Waals surface area contributed by atoms with Gasteiger partial charge in [0.25, 0.3) is 5.56 Å². The summed E-state index contributed by atoms with van der Waals surface area (Å²) in [5, 5.41) is 10.3. The Morgan fingerprint density at radius 2 is 2.00 bits per heavy atom. The number of fused-ring (bicyclic) bond motifs is 1. The summed E-state index contributed by atoms with van der Waals surface area (Å²) < 4.78 is 18.5. The summed E-state index contributed by atoms with van der Waals surface area (Å²) in [6, 6.07) is 2.88. The molecular formula is C22H29N3O6. The number of ether oxygens (including phenoxy) is 3. The molecule has 31 heavy (non-hydrogen) atoms. The van der Waals surface area contributed by atoms with Crippen LogP contribution in [-0.4, -0.2) is 63.7 Å². The van der Waals surface area contributed by atoms with Crippen molar-refractivity contribution in [3.63, 3.8) is 0 Å². The lowest BCUT2D eigenvalue weighted by molar-refractivity contribution is -0.0486. The normalized spacial score (nSPS) is 20.9. The number of rotatable bonds is 2. The zero-order valence-corrected chi connectivity index (χ0v) is 18.4. The van der Waals surface area contributed by atoms with Crippen LogP contribution in [0.4, 0.5) is 4.79 Å². The molecule has 0 saturated carbocycles. The van der Waals surface area contributed by atoms with Crippen LogP contribution in [0.3, 0.4) is 0 Å². The van der Waals surface area contributed by atoms with E-state index < -0.39 is 5.60 Å². The van der Waals surface area contributed by atoms with Crippen molar-refractivity contribution in [3.05, 3.63) is 28.8 Å². The summed E-state index contributed by atoms with van der Waals surface area (Å²) in [5.41, 5.74) is -0.703. The molecule has 1 amide bonds. The highest BCUT2D eigenvalue weighted by molar-refractivity contribution is 5.86. The summed E-state index contributed by atoms with van der Waals surface area (Å²) in [6.45, 7) is 7.05. The average molecular weight is 431 g/mol. The number of likely N-dealkylation sites (tertiary alicyclic amines) is 1. The van der Waals surface area contributed by atoms with Crippen molar-refractivity contribution in [2.75, 3.05) is 26.8 Å². The van der Waals surface area contributed by atoms with Crippen molar-refractivity contribution in [1.29, 1.82) is 0 Å². The third-order valence-corrected chi connectivity index (χ3v) is 6.00. The van der Waals surface area contributed by atoms with Crippen molar-refractivity contribution in [2.45, 2.75) is 57.3 Å². The second kappa shape index (κ2) is 7.71. The van der Waals surface area contributed by atoms with Gasteiger partial charge in [-0.2, -0.15) is 0 Å². The Morgan fingerprint density at radius 3 is 2.65 bits per heavy atom. The van der Waals surface area contributed by atoms with Crippen LogP contribution in [0.2, 0.25) is 0 Å². The van der Waals surface area contributed by atoms with Gasteiger partial charge in [-0.25, -0.2) is 9.78 Å². The highest BCUT2D eigenvalue weighted by Gasteiger charge is 2.45. The predicted molar refractivity (Wildman–Crippen MR) is 114 cm³/mol. The number of amides is 1. The van der Waals surface area contributed by atoms with Gasteiger partial charge in [-0.05, 0) is 52.2 Å². The molecule has 0 bridgehead atoms. The molecule has 1 N–H and O–H groups in total. The first-order valence-electron chi connectivity index (χ1n) is 10.5. The largest absolute Gasteiger partial charge is 0.504 e. The second-order valence-electron chi connectivity index (χ2n) is 9.29. The molecule has 1 unspecified atom stereocenters. The van der Waals surface area contributed by atoms with Crippen molar-refractivity contribution in [1.82, 2.24) is 14.5 Å². The average Bonchev–Trinajstić information content (AvgIpc) is 3.11. The van der Waals surface area contributed by atoms with E-state index in [0.29, 0.717) is 44.5 Å². The third-order valence-electron chi connectivity index (χ3n) is 6.00. The van der Waals surface area contributed by atoms with Gasteiger partial charge in [0.1, 0.15) is 11.0 Å². The molecular weight excluding hydrogens is 402 g/mol. The van der Waals surface area contributed by atoms with Gasteiger partial charge in [-0.1, -0.05) is 0 Å². The fraction of sp³-hybridized carbons (Fsp3) is 0.591. The van der Waals surface area contributed by atoms with Gasteiger partial charge in [0.05, 0.1) is 37.2 Å². The molecule has 2 fully saturated rings.